The minimum Gasteiger partial charge on any atom is -0.380 e. The van der Waals surface area contributed by atoms with Crippen molar-refractivity contribution >= 4 is 51.4 Å². The number of ether oxygens (including phenoxy) is 2. The fourth-order valence-corrected chi connectivity index (χ4v) is 9.01. The Kier molecular flexibility index (Phi) is 13.1. The predicted octanol–water partition coefficient (Wildman–Crippen LogP) is 12.9. The Morgan fingerprint density at radius 1 is 0.690 bits per heavy atom. The summed E-state index contributed by atoms with van der Waals surface area (Å²) in [4.78, 5) is 2.44. The highest BCUT2D eigenvalue weighted by Gasteiger charge is 2.44. The fourth-order valence-electron chi connectivity index (χ4n) is 8.69. The second-order valence-electron chi connectivity index (χ2n) is 16.4. The van der Waals surface area contributed by atoms with Gasteiger partial charge in [0.1, 0.15) is 6.61 Å². The van der Waals surface area contributed by atoms with Gasteiger partial charge in [0.05, 0.1) is 12.0 Å². The quantitative estimate of drug-likeness (QED) is 0.0927. The van der Waals surface area contributed by atoms with Crippen LogP contribution in [0, 0.1) is 0 Å². The first-order valence-corrected chi connectivity index (χ1v) is 21.5. The number of nitrogens with one attached hydrogen (secondary N) is 2. The molecule has 6 nitrogen and oxygen atoms in total. The Hall–Kier alpha value is -4.88. The monoisotopic (exact) mass is 795 g/mol. The molecule has 2 N–H and O–H groups in total. The summed E-state index contributed by atoms with van der Waals surface area (Å²) in [6, 6.07) is 34.2. The topological polar surface area (TPSA) is 48.8 Å². The minimum absolute atomic E-state index is 0.224. The Balaban J connectivity index is 1.20. The Morgan fingerprint density at radius 2 is 1.31 bits per heavy atom. The van der Waals surface area contributed by atoms with Crippen LogP contribution in [0.5, 0.6) is 0 Å². The van der Waals surface area contributed by atoms with Gasteiger partial charge in [0.2, 0.25) is 5.69 Å². The molecule has 0 amide bonds. The highest BCUT2D eigenvalue weighted by atomic mass is 35.5. The minimum atomic E-state index is -0.224. The lowest BCUT2D eigenvalue weighted by molar-refractivity contribution is -0.442. The van der Waals surface area contributed by atoms with Crippen LogP contribution in [0.2, 0.25) is 0 Å². The van der Waals surface area contributed by atoms with Crippen LogP contribution in [0.15, 0.2) is 143 Å². The van der Waals surface area contributed by atoms with Crippen LogP contribution in [0.4, 0.5) is 34.1 Å². The molecule has 0 spiro atoms. The van der Waals surface area contributed by atoms with Gasteiger partial charge < -0.3 is 25.0 Å². The van der Waals surface area contributed by atoms with E-state index in [0.717, 1.165) is 66.6 Å². The molecule has 58 heavy (non-hydrogen) atoms. The SMILES string of the molecule is CCOCCN1/C(=C\C=C2/CCCCC(/C=C/C3=[N+](CCOCC)c4ccc(Nc5ccccc5)cc4C3(C)C)=C2Cl)C(C)(C)c2cc(Nc3ccccc3)ccc21. The molecule has 4 aromatic rings. The van der Waals surface area contributed by atoms with Crippen molar-refractivity contribution < 1.29 is 14.0 Å². The Morgan fingerprint density at radius 3 is 1.98 bits per heavy atom. The fraction of sp³-hybridized carbons (Fsp3) is 0.353. The molecule has 4 aromatic carbocycles. The van der Waals surface area contributed by atoms with E-state index in [-0.39, 0.29) is 10.8 Å². The highest BCUT2D eigenvalue weighted by molar-refractivity contribution is 6.32. The molecule has 0 bridgehead atoms. The summed E-state index contributed by atoms with van der Waals surface area (Å²) in [5.41, 5.74) is 13.8. The molecule has 3 aliphatic rings. The van der Waals surface area contributed by atoms with E-state index in [1.807, 2.05) is 12.1 Å². The number of para-hydroxylation sites is 2. The first kappa shape index (κ1) is 41.3. The van der Waals surface area contributed by atoms with Crippen molar-refractivity contribution in [1.82, 2.24) is 0 Å². The smallest absolute Gasteiger partial charge is 0.210 e. The van der Waals surface area contributed by atoms with Crippen LogP contribution < -0.4 is 15.5 Å². The van der Waals surface area contributed by atoms with Crippen molar-refractivity contribution in [2.75, 3.05) is 55.1 Å². The van der Waals surface area contributed by atoms with Crippen LogP contribution in [0.3, 0.4) is 0 Å². The lowest BCUT2D eigenvalue weighted by Gasteiger charge is -2.27. The standard InChI is InChI=1S/C51H60ClN4O2/c1-7-57-33-31-55-45-27-25-41(53-39-19-11-9-12-20-39)35-43(45)50(3,4)47(55)29-23-37-17-15-16-18-38(49(37)52)24-30-48-51(5,6)44-36-42(54-40-21-13-10-14-22-40)26-28-46(44)56(48)32-34-58-8-2/h9-14,19-30,35-36,53-54H,7-8,15-18,31-34H2,1-6H3/q+1. The van der Waals surface area contributed by atoms with Gasteiger partial charge in [0, 0.05) is 82.0 Å². The third-order valence-corrected chi connectivity index (χ3v) is 12.3. The molecule has 0 fully saturated rings. The van der Waals surface area contributed by atoms with Gasteiger partial charge in [0.25, 0.3) is 0 Å². The molecular weight excluding hydrogens is 736 g/mol. The van der Waals surface area contributed by atoms with E-state index in [2.05, 4.69) is 171 Å². The molecule has 7 rings (SSSR count). The second-order valence-corrected chi connectivity index (χ2v) is 16.8. The van der Waals surface area contributed by atoms with Gasteiger partial charge in [-0.25, -0.2) is 0 Å². The van der Waals surface area contributed by atoms with E-state index < -0.39 is 0 Å². The van der Waals surface area contributed by atoms with Gasteiger partial charge in [-0.1, -0.05) is 74.0 Å². The zero-order valence-corrected chi connectivity index (χ0v) is 36.0. The third kappa shape index (κ3) is 8.90. The zero-order chi connectivity index (χ0) is 40.7. The van der Waals surface area contributed by atoms with E-state index in [0.29, 0.717) is 26.4 Å². The Bertz CT molecular complexity index is 2230. The molecule has 0 aromatic heterocycles. The first-order chi connectivity index (χ1) is 28.1. The number of fused-ring (bicyclic) bond motifs is 2. The van der Waals surface area contributed by atoms with Crippen molar-refractivity contribution in [2.45, 2.75) is 78.1 Å². The van der Waals surface area contributed by atoms with Gasteiger partial charge in [0.15, 0.2) is 12.3 Å². The molecule has 0 radical (unpaired) electrons. The summed E-state index contributed by atoms with van der Waals surface area (Å²) in [6.45, 7) is 17.7. The van der Waals surface area contributed by atoms with E-state index in [9.17, 15) is 0 Å². The van der Waals surface area contributed by atoms with E-state index in [4.69, 9.17) is 21.1 Å². The molecule has 2 heterocycles. The molecule has 0 saturated carbocycles. The largest absolute Gasteiger partial charge is 0.380 e. The number of hydrogen-bond donors (Lipinski definition) is 2. The molecular formula is C51H60ClN4O2+. The lowest BCUT2D eigenvalue weighted by atomic mass is 9.81. The average Bonchev–Trinajstić information content (AvgIpc) is 3.45. The number of halogens is 1. The van der Waals surface area contributed by atoms with Crippen molar-refractivity contribution in [3.63, 3.8) is 0 Å². The predicted molar refractivity (Wildman–Crippen MR) is 245 cm³/mol. The molecule has 0 atom stereocenters. The van der Waals surface area contributed by atoms with Crippen LogP contribution in [-0.4, -0.2) is 49.8 Å². The average molecular weight is 797 g/mol. The molecule has 1 aliphatic carbocycles. The van der Waals surface area contributed by atoms with Gasteiger partial charge in [-0.05, 0) is 131 Å². The molecule has 0 saturated heterocycles. The lowest BCUT2D eigenvalue weighted by Crippen LogP contribution is -2.29. The molecule has 7 heteroatoms. The Labute approximate surface area is 351 Å². The number of rotatable bonds is 15. The highest BCUT2D eigenvalue weighted by Crippen LogP contribution is 2.49. The summed E-state index contributed by atoms with van der Waals surface area (Å²) in [5, 5.41) is 8.08. The third-order valence-electron chi connectivity index (χ3n) is 11.8. The second kappa shape index (κ2) is 18.4. The van der Waals surface area contributed by atoms with Gasteiger partial charge in [-0.2, -0.15) is 4.58 Å². The van der Waals surface area contributed by atoms with E-state index in [1.165, 1.54) is 45.1 Å². The maximum atomic E-state index is 7.46. The first-order valence-electron chi connectivity index (χ1n) is 21.1. The molecule has 0 unspecified atom stereocenters. The summed E-state index contributed by atoms with van der Waals surface area (Å²) in [6.07, 6.45) is 13.3. The summed E-state index contributed by atoms with van der Waals surface area (Å²) in [5.74, 6) is 0. The normalized spacial score (nSPS) is 18.6. The van der Waals surface area contributed by atoms with Crippen LogP contribution in [0.25, 0.3) is 0 Å². The van der Waals surface area contributed by atoms with Gasteiger partial charge in [-0.15, -0.1) is 0 Å². The summed E-state index contributed by atoms with van der Waals surface area (Å²) >= 11 is 7.46. The van der Waals surface area contributed by atoms with E-state index >= 15 is 0 Å². The summed E-state index contributed by atoms with van der Waals surface area (Å²) < 4.78 is 14.2. The molecule has 302 valence electrons. The number of allylic oxidation sites excluding steroid dienone is 8. The number of benzene rings is 4. The number of anilines is 5. The zero-order valence-electron chi connectivity index (χ0n) is 35.2. The summed E-state index contributed by atoms with van der Waals surface area (Å²) in [7, 11) is 0. The number of nitrogens with zero attached hydrogens (tertiary/aromatic N) is 2. The van der Waals surface area contributed by atoms with Crippen molar-refractivity contribution in [1.29, 1.82) is 0 Å². The van der Waals surface area contributed by atoms with Crippen molar-refractivity contribution in [3.8, 4) is 0 Å². The van der Waals surface area contributed by atoms with Crippen LogP contribution >= 0.6 is 11.6 Å². The maximum Gasteiger partial charge on any atom is 0.210 e. The van der Waals surface area contributed by atoms with E-state index in [1.54, 1.807) is 0 Å². The van der Waals surface area contributed by atoms with Gasteiger partial charge in [-0.3, -0.25) is 0 Å². The van der Waals surface area contributed by atoms with Crippen molar-refractivity contribution in [3.05, 3.63) is 154 Å². The van der Waals surface area contributed by atoms with Crippen LogP contribution in [0.1, 0.15) is 78.4 Å². The number of hydrogen-bond acceptors (Lipinski definition) is 5. The maximum absolute atomic E-state index is 7.46. The van der Waals surface area contributed by atoms with Gasteiger partial charge >= 0.3 is 0 Å². The molecule has 2 aliphatic heterocycles. The van der Waals surface area contributed by atoms with Crippen molar-refractivity contribution in [2.24, 2.45) is 0 Å². The van der Waals surface area contributed by atoms with Crippen LogP contribution in [-0.2, 0) is 20.3 Å².